The van der Waals surface area contributed by atoms with E-state index in [2.05, 4.69) is 47.7 Å². The van der Waals surface area contributed by atoms with Crippen molar-refractivity contribution in [1.82, 2.24) is 0 Å². The number of benzene rings is 1. The molecule has 0 atom stereocenters. The molecule has 74 valence electrons. The minimum absolute atomic E-state index is 0.608. The number of hydrogen-bond acceptors (Lipinski definition) is 1. The second-order valence-corrected chi connectivity index (χ2v) is 6.45. The first-order chi connectivity index (χ1) is 6.74. The highest BCUT2D eigenvalue weighted by Crippen LogP contribution is 2.31. The number of rotatable bonds is 2. The van der Waals surface area contributed by atoms with E-state index < -0.39 is 0 Å². The Bertz CT molecular complexity index is 462. The maximum absolute atomic E-state index is 5.95. The van der Waals surface area contributed by atoms with Crippen molar-refractivity contribution >= 4 is 55.6 Å². The highest BCUT2D eigenvalue weighted by molar-refractivity contribution is 14.1. The van der Waals surface area contributed by atoms with Gasteiger partial charge in [0.15, 0.2) is 0 Å². The molecule has 0 fully saturated rings. The van der Waals surface area contributed by atoms with Crippen molar-refractivity contribution in [2.45, 2.75) is 19.2 Å². The van der Waals surface area contributed by atoms with Crippen molar-refractivity contribution in [3.8, 4) is 0 Å². The number of thiophene rings is 1. The molecule has 14 heavy (non-hydrogen) atoms. The van der Waals surface area contributed by atoms with E-state index >= 15 is 0 Å². The van der Waals surface area contributed by atoms with Gasteiger partial charge in [-0.2, -0.15) is 0 Å². The van der Waals surface area contributed by atoms with Crippen LogP contribution < -0.4 is 0 Å². The summed E-state index contributed by atoms with van der Waals surface area (Å²) in [4.78, 5) is 0. The van der Waals surface area contributed by atoms with E-state index in [0.717, 1.165) is 6.42 Å². The molecular weight excluding hydrogens is 327 g/mol. The lowest BCUT2D eigenvalue weighted by Crippen LogP contribution is -1.84. The number of fused-ring (bicyclic) bond motifs is 1. The summed E-state index contributed by atoms with van der Waals surface area (Å²) in [5.41, 5.74) is 2.64. The third-order valence-electron chi connectivity index (χ3n) is 2.31. The minimum Gasteiger partial charge on any atom is -0.129 e. The van der Waals surface area contributed by atoms with Crippen LogP contribution >= 0.6 is 45.5 Å². The second kappa shape index (κ2) is 4.37. The predicted molar refractivity (Wildman–Crippen MR) is 73.5 cm³/mol. The van der Waals surface area contributed by atoms with E-state index in [9.17, 15) is 0 Å². The van der Waals surface area contributed by atoms with Crippen LogP contribution in [0.4, 0.5) is 0 Å². The Labute approximate surface area is 106 Å². The van der Waals surface area contributed by atoms with Gasteiger partial charge < -0.3 is 0 Å². The summed E-state index contributed by atoms with van der Waals surface area (Å²) in [6.45, 7) is 2.18. The largest absolute Gasteiger partial charge is 0.129 e. The van der Waals surface area contributed by atoms with Gasteiger partial charge in [-0.3, -0.25) is 0 Å². The van der Waals surface area contributed by atoms with Gasteiger partial charge in [0.1, 0.15) is 0 Å². The van der Waals surface area contributed by atoms with Crippen molar-refractivity contribution in [1.29, 1.82) is 0 Å². The van der Waals surface area contributed by atoms with E-state index in [1.807, 2.05) is 11.3 Å². The lowest BCUT2D eigenvalue weighted by atomic mass is 10.1. The van der Waals surface area contributed by atoms with E-state index in [4.69, 9.17) is 11.6 Å². The Morgan fingerprint density at radius 3 is 2.79 bits per heavy atom. The van der Waals surface area contributed by atoms with Crippen molar-refractivity contribution in [2.75, 3.05) is 0 Å². The van der Waals surface area contributed by atoms with Crippen molar-refractivity contribution < 1.29 is 0 Å². The number of alkyl halides is 1. The summed E-state index contributed by atoms with van der Waals surface area (Å²) >= 11 is 10.2. The Hall–Kier alpha value is 0.200. The lowest BCUT2D eigenvalue weighted by Gasteiger charge is -2.02. The van der Waals surface area contributed by atoms with Crippen molar-refractivity contribution in [3.05, 3.63) is 32.2 Å². The van der Waals surface area contributed by atoms with Crippen molar-refractivity contribution in [3.63, 3.8) is 0 Å². The molecule has 1 aromatic carbocycles. The van der Waals surface area contributed by atoms with Crippen molar-refractivity contribution in [2.24, 2.45) is 0 Å². The molecule has 1 aromatic heterocycles. The van der Waals surface area contributed by atoms with Crippen LogP contribution in [-0.4, -0.2) is 0 Å². The summed E-state index contributed by atoms with van der Waals surface area (Å²) in [7, 11) is 0. The molecule has 2 rings (SSSR count). The summed E-state index contributed by atoms with van der Waals surface area (Å²) in [6.07, 6.45) is 1.08. The van der Waals surface area contributed by atoms with Crippen LogP contribution in [0.5, 0.6) is 0 Å². The van der Waals surface area contributed by atoms with Crippen LogP contribution in [0.1, 0.15) is 18.1 Å². The highest BCUT2D eigenvalue weighted by Gasteiger charge is 2.06. The van der Waals surface area contributed by atoms with Gasteiger partial charge in [-0.1, -0.05) is 13.0 Å². The monoisotopic (exact) mass is 336 g/mol. The fourth-order valence-electron chi connectivity index (χ4n) is 1.56. The minimum atomic E-state index is 0.608. The van der Waals surface area contributed by atoms with Gasteiger partial charge in [0, 0.05) is 10.6 Å². The van der Waals surface area contributed by atoms with Gasteiger partial charge in [0.05, 0.1) is 2.88 Å². The molecule has 3 heteroatoms. The maximum Gasteiger partial charge on any atom is 0.0666 e. The molecule has 0 aliphatic heterocycles. The topological polar surface area (TPSA) is 0 Å². The average molecular weight is 337 g/mol. The Morgan fingerprint density at radius 2 is 2.14 bits per heavy atom. The molecule has 0 N–H and O–H groups in total. The molecule has 0 saturated heterocycles. The molecule has 0 bridgehead atoms. The normalized spacial score (nSPS) is 11.1. The van der Waals surface area contributed by atoms with Crippen LogP contribution in [0.2, 0.25) is 0 Å². The first-order valence-electron chi connectivity index (χ1n) is 4.51. The Kier molecular flexibility index (Phi) is 3.34. The molecule has 2 aromatic rings. The molecule has 0 aliphatic carbocycles. The first kappa shape index (κ1) is 10.7. The summed E-state index contributed by atoms with van der Waals surface area (Å²) in [5, 5.41) is 1.33. The van der Waals surface area contributed by atoms with Gasteiger partial charge in [0.25, 0.3) is 0 Å². The third kappa shape index (κ3) is 1.92. The van der Waals surface area contributed by atoms with Gasteiger partial charge >= 0.3 is 0 Å². The zero-order chi connectivity index (χ0) is 10.1. The smallest absolute Gasteiger partial charge is 0.0666 e. The Morgan fingerprint density at radius 1 is 1.36 bits per heavy atom. The first-order valence-corrected chi connectivity index (χ1v) is 6.94. The van der Waals surface area contributed by atoms with Gasteiger partial charge in [-0.25, -0.2) is 0 Å². The van der Waals surface area contributed by atoms with Gasteiger partial charge in [-0.15, -0.1) is 22.9 Å². The fraction of sp³-hybridized carbons (Fsp3) is 0.273. The van der Waals surface area contributed by atoms with E-state index in [1.54, 1.807) is 0 Å². The third-order valence-corrected chi connectivity index (χ3v) is 4.44. The molecule has 0 nitrogen and oxygen atoms in total. The quantitative estimate of drug-likeness (QED) is 0.545. The average Bonchev–Trinajstić information content (AvgIpc) is 2.56. The van der Waals surface area contributed by atoms with E-state index in [-0.39, 0.29) is 0 Å². The number of halogens is 2. The van der Waals surface area contributed by atoms with Crippen LogP contribution in [0, 0.1) is 2.88 Å². The molecule has 0 spiro atoms. The van der Waals surface area contributed by atoms with Crippen LogP contribution in [0.3, 0.4) is 0 Å². The zero-order valence-corrected chi connectivity index (χ0v) is 11.5. The highest BCUT2D eigenvalue weighted by atomic mass is 127. The lowest BCUT2D eigenvalue weighted by molar-refractivity contribution is 1.14. The summed E-state index contributed by atoms with van der Waals surface area (Å²) < 4.78 is 2.70. The number of hydrogen-bond donors (Lipinski definition) is 0. The fourth-order valence-corrected chi connectivity index (χ4v) is 3.70. The SMILES string of the molecule is CCc1cc(CCl)c2cc(I)sc2c1. The molecule has 0 amide bonds. The van der Waals surface area contributed by atoms with E-state index in [0.29, 0.717) is 5.88 Å². The molecule has 0 saturated carbocycles. The van der Waals surface area contributed by atoms with Crippen LogP contribution in [0.15, 0.2) is 18.2 Å². The maximum atomic E-state index is 5.95. The van der Waals surface area contributed by atoms with Crippen LogP contribution in [-0.2, 0) is 12.3 Å². The van der Waals surface area contributed by atoms with Crippen LogP contribution in [0.25, 0.3) is 10.1 Å². The summed E-state index contributed by atoms with van der Waals surface area (Å²) in [6, 6.07) is 6.72. The van der Waals surface area contributed by atoms with E-state index in [1.165, 1.54) is 24.1 Å². The summed E-state index contributed by atoms with van der Waals surface area (Å²) in [5.74, 6) is 0.608. The predicted octanol–water partition coefficient (Wildman–Crippen LogP) is 4.81. The zero-order valence-electron chi connectivity index (χ0n) is 7.81. The molecular formula is C11H10ClIS. The molecule has 0 aliphatic rings. The molecule has 1 heterocycles. The standard InChI is InChI=1S/C11H10ClIS/c1-2-7-3-8(6-12)9-5-11(13)14-10(9)4-7/h3-5H,2,6H2,1H3. The second-order valence-electron chi connectivity index (χ2n) is 3.20. The number of aryl methyl sites for hydroxylation is 1. The molecule has 0 radical (unpaired) electrons. The van der Waals surface area contributed by atoms with Gasteiger partial charge in [-0.05, 0) is 57.7 Å². The molecule has 0 unspecified atom stereocenters. The Balaban J connectivity index is 2.72. The van der Waals surface area contributed by atoms with Gasteiger partial charge in [0.2, 0.25) is 0 Å².